The Labute approximate surface area is 83.9 Å². The highest BCUT2D eigenvalue weighted by Crippen LogP contribution is 2.10. The molecule has 0 aromatic heterocycles. The predicted octanol–water partition coefficient (Wildman–Crippen LogP) is 1.28. The Bertz CT molecular complexity index is 187. The Morgan fingerprint density at radius 1 is 1.14 bits per heavy atom. The van der Waals surface area contributed by atoms with Crippen LogP contribution in [0.2, 0.25) is 0 Å². The zero-order chi connectivity index (χ0) is 11.0. The standard InChI is InChI=1S/C10H18O4/c1-8(10(13)14)6-4-2-3-5-7-9(11)12/h9,11-12H,1-7H2,(H,13,14). The summed E-state index contributed by atoms with van der Waals surface area (Å²) in [6.07, 6.45) is 3.04. The molecule has 0 radical (unpaired) electrons. The molecule has 0 heterocycles. The van der Waals surface area contributed by atoms with E-state index >= 15 is 0 Å². The molecule has 0 bridgehead atoms. The molecule has 3 N–H and O–H groups in total. The van der Waals surface area contributed by atoms with Gasteiger partial charge in [-0.25, -0.2) is 4.79 Å². The molecule has 0 atom stereocenters. The summed E-state index contributed by atoms with van der Waals surface area (Å²) in [5, 5.41) is 25.6. The van der Waals surface area contributed by atoms with Crippen molar-refractivity contribution in [2.75, 3.05) is 0 Å². The summed E-state index contributed by atoms with van der Waals surface area (Å²) in [6, 6.07) is 0. The largest absolute Gasteiger partial charge is 0.478 e. The topological polar surface area (TPSA) is 77.8 Å². The van der Waals surface area contributed by atoms with Crippen LogP contribution in [0, 0.1) is 0 Å². The Balaban J connectivity index is 3.22. The molecule has 0 spiro atoms. The van der Waals surface area contributed by atoms with Crippen LogP contribution in [0.15, 0.2) is 12.2 Å². The average Bonchev–Trinajstić information content (AvgIpc) is 2.09. The van der Waals surface area contributed by atoms with E-state index in [2.05, 4.69) is 6.58 Å². The van der Waals surface area contributed by atoms with Crippen molar-refractivity contribution in [3.63, 3.8) is 0 Å². The molecular weight excluding hydrogens is 184 g/mol. The van der Waals surface area contributed by atoms with E-state index in [1.54, 1.807) is 0 Å². The number of carboxylic acid groups (broad SMARTS) is 1. The molecule has 0 fully saturated rings. The number of carboxylic acids is 1. The second-order valence-electron chi connectivity index (χ2n) is 3.34. The molecule has 0 unspecified atom stereocenters. The first-order valence-corrected chi connectivity index (χ1v) is 4.81. The summed E-state index contributed by atoms with van der Waals surface area (Å²) in [5.74, 6) is -0.934. The molecule has 0 saturated carbocycles. The lowest BCUT2D eigenvalue weighted by Crippen LogP contribution is -2.03. The number of aliphatic carboxylic acids is 1. The quantitative estimate of drug-likeness (QED) is 0.315. The van der Waals surface area contributed by atoms with Crippen LogP contribution >= 0.6 is 0 Å². The molecule has 0 aliphatic rings. The first-order valence-electron chi connectivity index (χ1n) is 4.81. The van der Waals surface area contributed by atoms with Crippen molar-refractivity contribution in [2.24, 2.45) is 0 Å². The Morgan fingerprint density at radius 3 is 2.21 bits per heavy atom. The third-order valence-electron chi connectivity index (χ3n) is 1.99. The van der Waals surface area contributed by atoms with Crippen LogP contribution in [0.4, 0.5) is 0 Å². The minimum Gasteiger partial charge on any atom is -0.478 e. The number of hydrogen-bond acceptors (Lipinski definition) is 3. The van der Waals surface area contributed by atoms with Gasteiger partial charge in [-0.15, -0.1) is 0 Å². The Kier molecular flexibility index (Phi) is 7.06. The minimum atomic E-state index is -1.22. The van der Waals surface area contributed by atoms with E-state index in [1.165, 1.54) is 0 Å². The smallest absolute Gasteiger partial charge is 0.330 e. The van der Waals surface area contributed by atoms with Crippen molar-refractivity contribution in [3.05, 3.63) is 12.2 Å². The number of aliphatic hydroxyl groups is 2. The maximum atomic E-state index is 10.3. The van der Waals surface area contributed by atoms with Crippen molar-refractivity contribution in [1.82, 2.24) is 0 Å². The van der Waals surface area contributed by atoms with Crippen molar-refractivity contribution in [2.45, 2.75) is 44.8 Å². The van der Waals surface area contributed by atoms with Crippen LogP contribution in [0.1, 0.15) is 38.5 Å². The van der Waals surface area contributed by atoms with Gasteiger partial charge in [0, 0.05) is 5.57 Å². The number of unbranched alkanes of at least 4 members (excludes halogenated alkanes) is 3. The highest BCUT2D eigenvalue weighted by molar-refractivity contribution is 5.85. The molecule has 0 amide bonds. The normalized spacial score (nSPS) is 10.5. The number of carbonyl (C=O) groups is 1. The van der Waals surface area contributed by atoms with Crippen molar-refractivity contribution < 1.29 is 20.1 Å². The van der Waals surface area contributed by atoms with Crippen LogP contribution in [0.25, 0.3) is 0 Å². The molecular formula is C10H18O4. The van der Waals surface area contributed by atoms with Gasteiger partial charge in [0.05, 0.1) is 0 Å². The van der Waals surface area contributed by atoms with Crippen molar-refractivity contribution in [1.29, 1.82) is 0 Å². The predicted molar refractivity (Wildman–Crippen MR) is 52.7 cm³/mol. The second-order valence-corrected chi connectivity index (χ2v) is 3.34. The average molecular weight is 202 g/mol. The van der Waals surface area contributed by atoms with Gasteiger partial charge in [0.1, 0.15) is 0 Å². The molecule has 0 rings (SSSR count). The molecule has 0 aromatic carbocycles. The van der Waals surface area contributed by atoms with Crippen LogP contribution in [-0.4, -0.2) is 27.6 Å². The van der Waals surface area contributed by atoms with Crippen molar-refractivity contribution in [3.8, 4) is 0 Å². The van der Waals surface area contributed by atoms with Gasteiger partial charge in [0.15, 0.2) is 6.29 Å². The van der Waals surface area contributed by atoms with E-state index in [4.69, 9.17) is 15.3 Å². The molecule has 0 aliphatic carbocycles. The van der Waals surface area contributed by atoms with Gasteiger partial charge in [0.2, 0.25) is 0 Å². The first kappa shape index (κ1) is 13.1. The first-order chi connectivity index (χ1) is 6.54. The fraction of sp³-hybridized carbons (Fsp3) is 0.700. The monoisotopic (exact) mass is 202 g/mol. The van der Waals surface area contributed by atoms with Gasteiger partial charge < -0.3 is 15.3 Å². The lowest BCUT2D eigenvalue weighted by molar-refractivity contribution is -0.132. The van der Waals surface area contributed by atoms with Crippen LogP contribution in [-0.2, 0) is 4.79 Å². The Morgan fingerprint density at radius 2 is 1.71 bits per heavy atom. The maximum Gasteiger partial charge on any atom is 0.330 e. The molecule has 0 saturated heterocycles. The second kappa shape index (κ2) is 7.53. The lowest BCUT2D eigenvalue weighted by atomic mass is 10.1. The highest BCUT2D eigenvalue weighted by atomic mass is 16.5. The van der Waals surface area contributed by atoms with E-state index in [0.29, 0.717) is 12.8 Å². The van der Waals surface area contributed by atoms with Gasteiger partial charge in [-0.05, 0) is 25.7 Å². The van der Waals surface area contributed by atoms with Crippen molar-refractivity contribution >= 4 is 5.97 Å². The molecule has 4 nitrogen and oxygen atoms in total. The summed E-state index contributed by atoms with van der Waals surface area (Å²) in [7, 11) is 0. The van der Waals surface area contributed by atoms with Gasteiger partial charge in [0.25, 0.3) is 0 Å². The van der Waals surface area contributed by atoms with Crippen LogP contribution in [0.5, 0.6) is 0 Å². The summed E-state index contributed by atoms with van der Waals surface area (Å²) >= 11 is 0. The number of aliphatic hydroxyl groups excluding tert-OH is 1. The fourth-order valence-corrected chi connectivity index (χ4v) is 1.13. The minimum absolute atomic E-state index is 0.243. The summed E-state index contributed by atoms with van der Waals surface area (Å²) < 4.78 is 0. The fourth-order valence-electron chi connectivity index (χ4n) is 1.13. The van der Waals surface area contributed by atoms with Gasteiger partial charge >= 0.3 is 5.97 Å². The van der Waals surface area contributed by atoms with E-state index in [9.17, 15) is 4.79 Å². The van der Waals surface area contributed by atoms with Crippen LogP contribution < -0.4 is 0 Å². The zero-order valence-electron chi connectivity index (χ0n) is 8.28. The van der Waals surface area contributed by atoms with Gasteiger partial charge in [-0.2, -0.15) is 0 Å². The third kappa shape index (κ3) is 7.76. The van der Waals surface area contributed by atoms with Gasteiger partial charge in [-0.1, -0.05) is 19.4 Å². The summed E-state index contributed by atoms with van der Waals surface area (Å²) in [6.45, 7) is 3.42. The zero-order valence-corrected chi connectivity index (χ0v) is 8.28. The summed E-state index contributed by atoms with van der Waals surface area (Å²) in [5.41, 5.74) is 0.243. The highest BCUT2D eigenvalue weighted by Gasteiger charge is 2.03. The maximum absolute atomic E-state index is 10.3. The molecule has 82 valence electrons. The summed E-state index contributed by atoms with van der Waals surface area (Å²) in [4.78, 5) is 10.3. The molecule has 0 aliphatic heterocycles. The van der Waals surface area contributed by atoms with E-state index < -0.39 is 12.3 Å². The molecule has 4 heteroatoms. The lowest BCUT2D eigenvalue weighted by Gasteiger charge is -2.03. The third-order valence-corrected chi connectivity index (χ3v) is 1.99. The molecule has 14 heavy (non-hydrogen) atoms. The van der Waals surface area contributed by atoms with E-state index in [1.807, 2.05) is 0 Å². The van der Waals surface area contributed by atoms with E-state index in [-0.39, 0.29) is 5.57 Å². The SMILES string of the molecule is C=C(CCCCCCC(O)O)C(=O)O. The number of hydrogen-bond donors (Lipinski definition) is 3. The van der Waals surface area contributed by atoms with E-state index in [0.717, 1.165) is 25.7 Å². The number of rotatable bonds is 8. The Hall–Kier alpha value is -0.870. The van der Waals surface area contributed by atoms with Crippen LogP contribution in [0.3, 0.4) is 0 Å². The molecule has 0 aromatic rings. The van der Waals surface area contributed by atoms with Gasteiger partial charge in [-0.3, -0.25) is 0 Å².